The van der Waals surface area contributed by atoms with Gasteiger partial charge in [0, 0.05) is 5.56 Å². The number of rotatable bonds is 3. The molecule has 4 heteroatoms. The molecule has 0 bridgehead atoms. The van der Waals surface area contributed by atoms with Gasteiger partial charge in [-0.25, -0.2) is 9.78 Å². The quantitative estimate of drug-likeness (QED) is 0.436. The molecule has 0 atom stereocenters. The van der Waals surface area contributed by atoms with Crippen LogP contribution in [0.2, 0.25) is 0 Å². The number of nitrogens with zero attached hydrogens (tertiary/aromatic N) is 1. The Kier molecular flexibility index (Phi) is 3.78. The lowest BCUT2D eigenvalue weighted by Crippen LogP contribution is -2.08. The first-order chi connectivity index (χ1) is 12.2. The van der Waals surface area contributed by atoms with Crippen molar-refractivity contribution in [3.63, 3.8) is 0 Å². The molecule has 3 aromatic carbocycles. The second-order valence-corrected chi connectivity index (χ2v) is 5.89. The Morgan fingerprint density at radius 3 is 2.52 bits per heavy atom. The highest BCUT2D eigenvalue weighted by molar-refractivity contribution is 5.91. The standard InChI is InChI=1S/C21H16N2O2/c1-14-5-4-6-17(13-14)25-21(24)16-11-9-15(10-12-16)20-22-18-7-2-3-8-19(18)23-20/h2-13H,1H3,(H,22,23). The molecule has 4 aromatic rings. The number of aryl methyl sites for hydroxylation is 1. The Labute approximate surface area is 145 Å². The van der Waals surface area contributed by atoms with Gasteiger partial charge in [-0.15, -0.1) is 0 Å². The molecule has 0 spiro atoms. The number of H-pyrrole nitrogens is 1. The molecule has 25 heavy (non-hydrogen) atoms. The van der Waals surface area contributed by atoms with E-state index < -0.39 is 0 Å². The normalized spacial score (nSPS) is 10.8. The van der Waals surface area contributed by atoms with Gasteiger partial charge in [0.15, 0.2) is 0 Å². The number of hydrogen-bond donors (Lipinski definition) is 1. The van der Waals surface area contributed by atoms with Gasteiger partial charge in [0.05, 0.1) is 16.6 Å². The van der Waals surface area contributed by atoms with Crippen LogP contribution in [0.3, 0.4) is 0 Å². The number of aromatic amines is 1. The number of carbonyl (C=O) groups is 1. The molecular formula is C21H16N2O2. The molecule has 0 saturated heterocycles. The summed E-state index contributed by atoms with van der Waals surface area (Å²) < 4.78 is 5.41. The summed E-state index contributed by atoms with van der Waals surface area (Å²) in [4.78, 5) is 20.1. The Bertz CT molecular complexity index is 1020. The van der Waals surface area contributed by atoms with Gasteiger partial charge >= 0.3 is 5.97 Å². The van der Waals surface area contributed by atoms with Crippen LogP contribution in [0, 0.1) is 6.92 Å². The first-order valence-electron chi connectivity index (χ1n) is 8.03. The smallest absolute Gasteiger partial charge is 0.343 e. The van der Waals surface area contributed by atoms with Crippen LogP contribution in [-0.4, -0.2) is 15.9 Å². The average Bonchev–Trinajstić information content (AvgIpc) is 3.06. The van der Waals surface area contributed by atoms with E-state index in [4.69, 9.17) is 4.74 Å². The Morgan fingerprint density at radius 2 is 1.76 bits per heavy atom. The summed E-state index contributed by atoms with van der Waals surface area (Å²) in [6, 6.07) is 22.5. The molecule has 122 valence electrons. The number of carbonyl (C=O) groups excluding carboxylic acids is 1. The number of imidazole rings is 1. The van der Waals surface area contributed by atoms with Gasteiger partial charge in [-0.2, -0.15) is 0 Å². The second-order valence-electron chi connectivity index (χ2n) is 5.89. The Hall–Kier alpha value is -3.40. The van der Waals surface area contributed by atoms with E-state index in [0.717, 1.165) is 28.0 Å². The lowest BCUT2D eigenvalue weighted by atomic mass is 10.1. The summed E-state index contributed by atoms with van der Waals surface area (Å²) in [5.41, 5.74) is 4.37. The number of aromatic nitrogens is 2. The summed E-state index contributed by atoms with van der Waals surface area (Å²) in [5, 5.41) is 0. The molecule has 0 fully saturated rings. The molecular weight excluding hydrogens is 312 g/mol. The van der Waals surface area contributed by atoms with Crippen LogP contribution in [0.1, 0.15) is 15.9 Å². The minimum atomic E-state index is -0.373. The van der Waals surface area contributed by atoms with Crippen LogP contribution in [0.25, 0.3) is 22.4 Å². The zero-order valence-electron chi connectivity index (χ0n) is 13.7. The van der Waals surface area contributed by atoms with E-state index in [1.165, 1.54) is 0 Å². The SMILES string of the molecule is Cc1cccc(OC(=O)c2ccc(-c3nc4ccccc4[nH]3)cc2)c1. The summed E-state index contributed by atoms with van der Waals surface area (Å²) >= 11 is 0. The maximum atomic E-state index is 12.3. The number of nitrogens with one attached hydrogen (secondary N) is 1. The number of benzene rings is 3. The highest BCUT2D eigenvalue weighted by atomic mass is 16.5. The molecule has 1 N–H and O–H groups in total. The molecule has 0 unspecified atom stereocenters. The Balaban J connectivity index is 1.56. The lowest BCUT2D eigenvalue weighted by molar-refractivity contribution is 0.0735. The van der Waals surface area contributed by atoms with Crippen molar-refractivity contribution in [2.45, 2.75) is 6.92 Å². The van der Waals surface area contributed by atoms with Crippen LogP contribution in [-0.2, 0) is 0 Å². The Morgan fingerprint density at radius 1 is 0.960 bits per heavy atom. The molecule has 1 aromatic heterocycles. The van der Waals surface area contributed by atoms with Crippen molar-refractivity contribution in [1.82, 2.24) is 9.97 Å². The first-order valence-corrected chi connectivity index (χ1v) is 8.03. The largest absolute Gasteiger partial charge is 0.423 e. The summed E-state index contributed by atoms with van der Waals surface area (Å²) in [6.45, 7) is 1.96. The fourth-order valence-corrected chi connectivity index (χ4v) is 2.70. The summed E-state index contributed by atoms with van der Waals surface area (Å²) in [5.74, 6) is 0.952. The maximum absolute atomic E-state index is 12.3. The van der Waals surface area contributed by atoms with E-state index in [2.05, 4.69) is 9.97 Å². The second kappa shape index (κ2) is 6.24. The van der Waals surface area contributed by atoms with Crippen molar-refractivity contribution < 1.29 is 9.53 Å². The van der Waals surface area contributed by atoms with Crippen LogP contribution in [0.4, 0.5) is 0 Å². The van der Waals surface area contributed by atoms with Crippen molar-refractivity contribution in [3.05, 3.63) is 83.9 Å². The molecule has 0 saturated carbocycles. The predicted octanol–water partition coefficient (Wildman–Crippen LogP) is 4.76. The third-order valence-corrected chi connectivity index (χ3v) is 3.98. The fourth-order valence-electron chi connectivity index (χ4n) is 2.70. The van der Waals surface area contributed by atoms with Gasteiger partial charge in [0.2, 0.25) is 0 Å². The maximum Gasteiger partial charge on any atom is 0.343 e. The molecule has 4 rings (SSSR count). The van der Waals surface area contributed by atoms with E-state index >= 15 is 0 Å². The molecule has 0 radical (unpaired) electrons. The lowest BCUT2D eigenvalue weighted by Gasteiger charge is -2.05. The minimum Gasteiger partial charge on any atom is -0.423 e. The third-order valence-electron chi connectivity index (χ3n) is 3.98. The van der Waals surface area contributed by atoms with Crippen molar-refractivity contribution in [2.75, 3.05) is 0 Å². The van der Waals surface area contributed by atoms with Crippen LogP contribution in [0.5, 0.6) is 5.75 Å². The number of hydrogen-bond acceptors (Lipinski definition) is 3. The third kappa shape index (κ3) is 3.15. The van der Waals surface area contributed by atoms with Crippen LogP contribution in [0.15, 0.2) is 72.8 Å². The topological polar surface area (TPSA) is 55.0 Å². The van der Waals surface area contributed by atoms with E-state index in [1.54, 1.807) is 18.2 Å². The van der Waals surface area contributed by atoms with Crippen molar-refractivity contribution in [2.24, 2.45) is 0 Å². The van der Waals surface area contributed by atoms with Gasteiger partial charge in [0.25, 0.3) is 0 Å². The average molecular weight is 328 g/mol. The summed E-state index contributed by atoms with van der Waals surface area (Å²) in [7, 11) is 0. The number of fused-ring (bicyclic) bond motifs is 1. The van der Waals surface area contributed by atoms with E-state index in [9.17, 15) is 4.79 Å². The zero-order valence-corrected chi connectivity index (χ0v) is 13.7. The highest BCUT2D eigenvalue weighted by Gasteiger charge is 2.10. The number of esters is 1. The van der Waals surface area contributed by atoms with E-state index in [0.29, 0.717) is 11.3 Å². The predicted molar refractivity (Wildman–Crippen MR) is 97.7 cm³/mol. The van der Waals surface area contributed by atoms with Crippen LogP contribution >= 0.6 is 0 Å². The van der Waals surface area contributed by atoms with Crippen molar-refractivity contribution >= 4 is 17.0 Å². The van der Waals surface area contributed by atoms with Gasteiger partial charge in [0.1, 0.15) is 11.6 Å². The molecule has 0 amide bonds. The fraction of sp³-hybridized carbons (Fsp3) is 0.0476. The van der Waals surface area contributed by atoms with Crippen molar-refractivity contribution in [1.29, 1.82) is 0 Å². The number of ether oxygens (including phenoxy) is 1. The molecule has 0 aliphatic heterocycles. The molecule has 0 aliphatic carbocycles. The van der Waals surface area contributed by atoms with Crippen LogP contribution < -0.4 is 4.74 Å². The summed E-state index contributed by atoms with van der Waals surface area (Å²) in [6.07, 6.45) is 0. The monoisotopic (exact) mass is 328 g/mol. The molecule has 4 nitrogen and oxygen atoms in total. The van der Waals surface area contributed by atoms with Gasteiger partial charge in [-0.3, -0.25) is 0 Å². The van der Waals surface area contributed by atoms with Gasteiger partial charge < -0.3 is 9.72 Å². The number of para-hydroxylation sites is 2. The highest BCUT2D eigenvalue weighted by Crippen LogP contribution is 2.21. The minimum absolute atomic E-state index is 0.373. The van der Waals surface area contributed by atoms with Gasteiger partial charge in [-0.05, 0) is 48.9 Å². The van der Waals surface area contributed by atoms with Crippen molar-refractivity contribution in [3.8, 4) is 17.1 Å². The van der Waals surface area contributed by atoms with E-state index in [-0.39, 0.29) is 5.97 Å². The molecule has 0 aliphatic rings. The van der Waals surface area contributed by atoms with E-state index in [1.807, 2.05) is 61.5 Å². The first kappa shape index (κ1) is 15.1. The van der Waals surface area contributed by atoms with Gasteiger partial charge in [-0.1, -0.05) is 36.4 Å². The molecule has 1 heterocycles. The zero-order chi connectivity index (χ0) is 17.2.